The summed E-state index contributed by atoms with van der Waals surface area (Å²) in [6, 6.07) is 0. The van der Waals surface area contributed by atoms with Crippen molar-refractivity contribution >= 4 is 17.7 Å². The monoisotopic (exact) mass is 448 g/mol. The van der Waals surface area contributed by atoms with Gasteiger partial charge in [-0.05, 0) is 57.1 Å². The van der Waals surface area contributed by atoms with Gasteiger partial charge in [-0.3, -0.25) is 9.59 Å². The van der Waals surface area contributed by atoms with E-state index in [0.717, 1.165) is 0 Å². The quantitative estimate of drug-likeness (QED) is 0.638. The number of rotatable bonds is 3. The summed E-state index contributed by atoms with van der Waals surface area (Å²) in [6.45, 7) is 8.32. The average Bonchev–Trinajstić information content (AvgIpc) is 2.91. The van der Waals surface area contributed by atoms with Crippen LogP contribution in [0.1, 0.15) is 66.7 Å². The number of carbonyl (C=O) groups excluding carboxylic acids is 2. The lowest BCUT2D eigenvalue weighted by molar-refractivity contribution is -0.235. The molecule has 2 N–H and O–H groups in total. The second-order valence-corrected chi connectivity index (χ2v) is 10.6. The van der Waals surface area contributed by atoms with Crippen molar-refractivity contribution in [2.24, 2.45) is 28.6 Å². The zero-order chi connectivity index (χ0) is 23.9. The summed E-state index contributed by atoms with van der Waals surface area (Å²) < 4.78 is 23.0. The van der Waals surface area contributed by atoms with E-state index in [-0.39, 0.29) is 12.2 Å². The highest BCUT2D eigenvalue weighted by Gasteiger charge is 2.78. The minimum absolute atomic E-state index is 0.137. The molecule has 0 aromatic rings. The van der Waals surface area contributed by atoms with Crippen molar-refractivity contribution in [1.82, 2.24) is 0 Å². The van der Waals surface area contributed by atoms with E-state index in [1.54, 1.807) is 20.8 Å². The molecule has 0 aromatic heterocycles. The maximum Gasteiger partial charge on any atom is 0.349 e. The predicted molar refractivity (Wildman–Crippen MR) is 114 cm³/mol. The van der Waals surface area contributed by atoms with Gasteiger partial charge in [0.05, 0.1) is 6.10 Å². The number of carboxylic acid groups (broad SMARTS) is 1. The number of carbonyl (C=O) groups is 3. The smallest absolute Gasteiger partial charge is 0.349 e. The molecule has 5 unspecified atom stereocenters. The molecule has 4 rings (SSSR count). The number of alkyl halides is 1. The topological polar surface area (TPSA) is 101 Å². The molecule has 0 bridgehead atoms. The van der Waals surface area contributed by atoms with Crippen LogP contribution in [0.15, 0.2) is 23.3 Å². The fourth-order valence-corrected chi connectivity index (χ4v) is 8.17. The predicted octanol–water partition coefficient (Wildman–Crippen LogP) is 3.77. The van der Waals surface area contributed by atoms with Gasteiger partial charge >= 0.3 is 11.9 Å². The van der Waals surface area contributed by atoms with E-state index >= 15 is 4.39 Å². The van der Waals surface area contributed by atoms with Crippen molar-refractivity contribution in [1.29, 1.82) is 0 Å². The second-order valence-electron chi connectivity index (χ2n) is 10.6. The molecule has 0 spiro atoms. The largest absolute Gasteiger partial charge is 0.478 e. The summed E-state index contributed by atoms with van der Waals surface area (Å²) in [5.74, 6) is -3.65. The summed E-state index contributed by atoms with van der Waals surface area (Å²) in [7, 11) is 0. The summed E-state index contributed by atoms with van der Waals surface area (Å²) in [5.41, 5.74) is -4.74. The van der Waals surface area contributed by atoms with E-state index in [4.69, 9.17) is 4.74 Å². The number of carboxylic acids is 1. The van der Waals surface area contributed by atoms with E-state index in [1.807, 2.05) is 6.92 Å². The maximum absolute atomic E-state index is 17.4. The Kier molecular flexibility index (Phi) is 5.06. The van der Waals surface area contributed by atoms with E-state index in [2.05, 4.69) is 0 Å². The third-order valence-corrected chi connectivity index (χ3v) is 9.51. The summed E-state index contributed by atoms with van der Waals surface area (Å²) in [4.78, 5) is 36.8. The Balaban J connectivity index is 1.89. The van der Waals surface area contributed by atoms with Crippen molar-refractivity contribution in [2.75, 3.05) is 0 Å². The number of ketones is 1. The first-order valence-electron chi connectivity index (χ1n) is 11.6. The summed E-state index contributed by atoms with van der Waals surface area (Å²) in [6.07, 6.45) is 3.18. The highest BCUT2D eigenvalue weighted by Crippen LogP contribution is 2.72. The van der Waals surface area contributed by atoms with Crippen molar-refractivity contribution in [3.8, 4) is 0 Å². The van der Waals surface area contributed by atoms with Gasteiger partial charge in [0.2, 0.25) is 5.60 Å². The van der Waals surface area contributed by atoms with Gasteiger partial charge in [0.25, 0.3) is 0 Å². The van der Waals surface area contributed by atoms with Crippen LogP contribution < -0.4 is 0 Å². The molecule has 0 heterocycles. The third-order valence-electron chi connectivity index (χ3n) is 9.51. The minimum Gasteiger partial charge on any atom is -0.478 e. The van der Waals surface area contributed by atoms with Gasteiger partial charge in [0.15, 0.2) is 11.5 Å². The van der Waals surface area contributed by atoms with Crippen LogP contribution in [0, 0.1) is 28.6 Å². The Hall–Kier alpha value is -2.02. The van der Waals surface area contributed by atoms with Crippen LogP contribution >= 0.6 is 0 Å². The van der Waals surface area contributed by atoms with Gasteiger partial charge < -0.3 is 14.9 Å². The highest BCUT2D eigenvalue weighted by molar-refractivity contribution is 6.02. The van der Waals surface area contributed by atoms with Gasteiger partial charge in [0.1, 0.15) is 0 Å². The third kappa shape index (κ3) is 2.46. The Bertz CT molecular complexity index is 936. The maximum atomic E-state index is 17.4. The number of hydrogen-bond acceptors (Lipinski definition) is 5. The molecule has 4 aliphatic carbocycles. The van der Waals surface area contributed by atoms with Gasteiger partial charge in [0, 0.05) is 29.6 Å². The van der Waals surface area contributed by atoms with E-state index in [0.29, 0.717) is 36.8 Å². The minimum atomic E-state index is -2.05. The van der Waals surface area contributed by atoms with Crippen LogP contribution in [-0.4, -0.2) is 45.3 Å². The molecule has 3 fully saturated rings. The van der Waals surface area contributed by atoms with Crippen molar-refractivity contribution in [3.63, 3.8) is 0 Å². The molecule has 32 heavy (non-hydrogen) atoms. The van der Waals surface area contributed by atoms with Crippen molar-refractivity contribution in [3.05, 3.63) is 23.3 Å². The lowest BCUT2D eigenvalue weighted by Crippen LogP contribution is -2.70. The van der Waals surface area contributed by atoms with Crippen LogP contribution in [-0.2, 0) is 19.1 Å². The molecule has 8 atom stereocenters. The summed E-state index contributed by atoms with van der Waals surface area (Å²) >= 11 is 0. The normalized spacial score (nSPS) is 47.5. The molecule has 0 saturated heterocycles. The fourth-order valence-electron chi connectivity index (χ4n) is 8.17. The lowest BCUT2D eigenvalue weighted by atomic mass is 9.43. The van der Waals surface area contributed by atoms with Gasteiger partial charge in [-0.1, -0.05) is 31.9 Å². The number of aliphatic carboxylic acids is 1. The first kappa shape index (κ1) is 23.1. The molecular formula is C25H33FO6. The van der Waals surface area contributed by atoms with Crippen LogP contribution in [0.2, 0.25) is 0 Å². The molecule has 0 amide bonds. The van der Waals surface area contributed by atoms with Crippen LogP contribution in [0.25, 0.3) is 0 Å². The number of fused-ring (bicyclic) bond motifs is 5. The van der Waals surface area contributed by atoms with E-state index < -0.39 is 57.9 Å². The number of halogens is 1. The van der Waals surface area contributed by atoms with Crippen LogP contribution in [0.5, 0.6) is 0 Å². The first-order chi connectivity index (χ1) is 14.8. The van der Waals surface area contributed by atoms with Crippen LogP contribution in [0.4, 0.5) is 4.39 Å². The van der Waals surface area contributed by atoms with Crippen molar-refractivity contribution < 1.29 is 33.7 Å². The molecular weight excluding hydrogens is 415 g/mol. The molecule has 3 saturated carbocycles. The molecule has 7 heteroatoms. The van der Waals surface area contributed by atoms with Crippen LogP contribution in [0.3, 0.4) is 0 Å². The van der Waals surface area contributed by atoms with Crippen molar-refractivity contribution in [2.45, 2.75) is 84.1 Å². The highest BCUT2D eigenvalue weighted by atomic mass is 19.1. The number of hydrogen-bond donors (Lipinski definition) is 2. The molecule has 176 valence electrons. The Morgan fingerprint density at radius 2 is 1.91 bits per heavy atom. The molecule has 4 aliphatic rings. The molecule has 0 aromatic carbocycles. The number of aliphatic hydroxyl groups excluding tert-OH is 1. The zero-order valence-electron chi connectivity index (χ0n) is 19.4. The number of esters is 1. The SMILES string of the molecule is CCC1=CC(=O)C=C2CCC3C4C[C@H](C)[C@](OC(C)=O)(C(=O)O)C4(C)C[C@H](O)C3(F)C12C. The van der Waals surface area contributed by atoms with Gasteiger partial charge in [-0.2, -0.15) is 0 Å². The Labute approximate surface area is 187 Å². The molecule has 0 aliphatic heterocycles. The number of allylic oxidation sites excluding steroid dienone is 4. The Morgan fingerprint density at radius 3 is 2.47 bits per heavy atom. The average molecular weight is 449 g/mol. The fraction of sp³-hybridized carbons (Fsp3) is 0.720. The second kappa shape index (κ2) is 6.99. The number of aliphatic hydroxyl groups is 1. The van der Waals surface area contributed by atoms with Gasteiger partial charge in [-0.25, -0.2) is 9.18 Å². The zero-order valence-corrected chi connectivity index (χ0v) is 19.4. The number of ether oxygens (including phenoxy) is 1. The van der Waals surface area contributed by atoms with E-state index in [1.165, 1.54) is 19.1 Å². The first-order valence-corrected chi connectivity index (χ1v) is 11.6. The standard InChI is InChI=1S/C25H33FO6/c1-6-15-10-17(28)11-16-7-8-18-19-9-13(2)25(21(30)31,32-14(3)27)22(19,4)12-20(29)24(18,26)23(15,16)5/h10-11,13,18-20,29H,6-9,12H2,1-5H3,(H,30,31)/t13-,18?,19?,20-,22?,23?,24?,25-/m0/s1. The lowest BCUT2D eigenvalue weighted by Gasteiger charge is -2.63. The molecule has 6 nitrogen and oxygen atoms in total. The molecule has 0 radical (unpaired) electrons. The van der Waals surface area contributed by atoms with E-state index in [9.17, 15) is 24.6 Å². The Morgan fingerprint density at radius 1 is 1.25 bits per heavy atom. The van der Waals surface area contributed by atoms with Gasteiger partial charge in [-0.15, -0.1) is 0 Å². The summed E-state index contributed by atoms with van der Waals surface area (Å²) in [5, 5.41) is 21.7.